The number of halogens is 1. The van der Waals surface area contributed by atoms with Crippen molar-refractivity contribution in [2.45, 2.75) is 6.10 Å². The fraction of sp³-hybridized carbons (Fsp3) is 0.467. The molecule has 1 aliphatic rings. The summed E-state index contributed by atoms with van der Waals surface area (Å²) in [7, 11) is 0. The number of nitrogens with zero attached hydrogens (tertiary/aromatic N) is 3. The summed E-state index contributed by atoms with van der Waals surface area (Å²) in [5, 5.41) is 17.5. The highest BCUT2D eigenvalue weighted by Crippen LogP contribution is 2.21. The van der Waals surface area contributed by atoms with Crippen LogP contribution in [-0.2, 0) is 4.74 Å². The van der Waals surface area contributed by atoms with Gasteiger partial charge in [-0.05, 0) is 12.1 Å². The van der Waals surface area contributed by atoms with Gasteiger partial charge in [-0.3, -0.25) is 4.90 Å². The van der Waals surface area contributed by atoms with E-state index in [2.05, 4.69) is 20.4 Å². The van der Waals surface area contributed by atoms with Crippen LogP contribution in [0.2, 0.25) is 5.02 Å². The number of benzene rings is 1. The highest BCUT2D eigenvalue weighted by Gasteiger charge is 2.16. The Morgan fingerprint density at radius 1 is 1.35 bits per heavy atom. The molecule has 3 rings (SSSR count). The molecule has 1 aromatic heterocycles. The van der Waals surface area contributed by atoms with Crippen molar-refractivity contribution < 1.29 is 14.4 Å². The molecular weight excluding hydrogens is 320 g/mol. The summed E-state index contributed by atoms with van der Waals surface area (Å²) in [5.74, 6) is 0.456. The van der Waals surface area contributed by atoms with Crippen molar-refractivity contribution in [2.75, 3.05) is 44.7 Å². The van der Waals surface area contributed by atoms with Gasteiger partial charge in [-0.2, -0.15) is 4.98 Å². The Morgan fingerprint density at radius 3 is 2.96 bits per heavy atom. The maximum Gasteiger partial charge on any atom is 0.321 e. The Bertz CT molecular complexity index is 631. The molecule has 0 bridgehead atoms. The van der Waals surface area contributed by atoms with Crippen molar-refractivity contribution in [1.82, 2.24) is 15.0 Å². The quantitative estimate of drug-likeness (QED) is 0.825. The number of hydrogen-bond donors (Lipinski definition) is 2. The predicted octanol–water partition coefficient (Wildman–Crippen LogP) is 1.49. The number of ether oxygens (including phenoxy) is 1. The second kappa shape index (κ2) is 7.74. The zero-order chi connectivity index (χ0) is 16.1. The molecule has 124 valence electrons. The van der Waals surface area contributed by atoms with Gasteiger partial charge in [0.15, 0.2) is 0 Å². The molecule has 2 N–H and O–H groups in total. The summed E-state index contributed by atoms with van der Waals surface area (Å²) in [4.78, 5) is 6.42. The molecule has 1 fully saturated rings. The van der Waals surface area contributed by atoms with Crippen LogP contribution >= 0.6 is 11.6 Å². The molecule has 1 aliphatic heterocycles. The molecular formula is C15H19ClN4O3. The number of hydrogen-bond acceptors (Lipinski definition) is 7. The van der Waals surface area contributed by atoms with Crippen molar-refractivity contribution in [3.63, 3.8) is 0 Å². The molecule has 1 aromatic carbocycles. The summed E-state index contributed by atoms with van der Waals surface area (Å²) < 4.78 is 10.4. The summed E-state index contributed by atoms with van der Waals surface area (Å²) in [6.45, 7) is 4.05. The fourth-order valence-corrected chi connectivity index (χ4v) is 2.58. The van der Waals surface area contributed by atoms with Gasteiger partial charge >= 0.3 is 6.01 Å². The van der Waals surface area contributed by atoms with Crippen LogP contribution in [-0.4, -0.2) is 65.6 Å². The minimum atomic E-state index is -0.519. The van der Waals surface area contributed by atoms with E-state index in [-0.39, 0.29) is 6.01 Å². The van der Waals surface area contributed by atoms with Gasteiger partial charge in [0.05, 0.1) is 19.3 Å². The highest BCUT2D eigenvalue weighted by molar-refractivity contribution is 6.30. The number of β-amino-alcohol motifs (C(OH)–C–C–N with tert-alkyl or cyclic N) is 1. The molecule has 0 aliphatic carbocycles. The van der Waals surface area contributed by atoms with Gasteiger partial charge in [0.25, 0.3) is 0 Å². The first kappa shape index (κ1) is 16.2. The van der Waals surface area contributed by atoms with Crippen molar-refractivity contribution in [3.05, 3.63) is 29.3 Å². The average Bonchev–Trinajstić information content (AvgIpc) is 3.03. The number of anilines is 1. The number of nitrogens with one attached hydrogen (secondary N) is 1. The molecule has 23 heavy (non-hydrogen) atoms. The monoisotopic (exact) mass is 338 g/mol. The Labute approximate surface area is 139 Å². The molecule has 1 saturated heterocycles. The van der Waals surface area contributed by atoms with Crippen LogP contribution in [0, 0.1) is 0 Å². The van der Waals surface area contributed by atoms with Crippen LogP contribution in [0.15, 0.2) is 28.8 Å². The summed E-state index contributed by atoms with van der Waals surface area (Å²) in [5.41, 5.74) is 0.781. The van der Waals surface area contributed by atoms with Crippen LogP contribution in [0.25, 0.3) is 11.4 Å². The van der Waals surface area contributed by atoms with E-state index < -0.39 is 6.10 Å². The smallest absolute Gasteiger partial charge is 0.321 e. The van der Waals surface area contributed by atoms with Crippen LogP contribution in [0.4, 0.5) is 6.01 Å². The Hall–Kier alpha value is -1.67. The van der Waals surface area contributed by atoms with Gasteiger partial charge in [0.1, 0.15) is 0 Å². The van der Waals surface area contributed by atoms with Crippen LogP contribution in [0.3, 0.4) is 0 Å². The first-order chi connectivity index (χ1) is 11.2. The lowest BCUT2D eigenvalue weighted by molar-refractivity contribution is 0.0170. The molecule has 8 heteroatoms. The standard InChI is InChI=1S/C15H19ClN4O3/c16-12-3-1-2-11(8-12)14-18-15(23-19-14)17-9-13(21)10-20-4-6-22-7-5-20/h1-3,8,13,21H,4-7,9-10H2,(H,17,18,19)/t13-/m0/s1. The van der Waals surface area contributed by atoms with Crippen molar-refractivity contribution in [1.29, 1.82) is 0 Å². The van der Waals surface area contributed by atoms with Crippen LogP contribution in [0.5, 0.6) is 0 Å². The Balaban J connectivity index is 1.50. The maximum absolute atomic E-state index is 10.1. The average molecular weight is 339 g/mol. The zero-order valence-corrected chi connectivity index (χ0v) is 13.4. The number of rotatable bonds is 6. The van der Waals surface area contributed by atoms with Gasteiger partial charge in [-0.15, -0.1) is 0 Å². The third-order valence-corrected chi connectivity index (χ3v) is 3.81. The normalized spacial score (nSPS) is 17.1. The van der Waals surface area contributed by atoms with Crippen molar-refractivity contribution in [3.8, 4) is 11.4 Å². The van der Waals surface area contributed by atoms with Gasteiger partial charge in [0, 0.05) is 36.8 Å². The third-order valence-electron chi connectivity index (χ3n) is 3.57. The summed E-state index contributed by atoms with van der Waals surface area (Å²) >= 11 is 5.95. The molecule has 2 heterocycles. The van der Waals surface area contributed by atoms with Gasteiger partial charge in [0.2, 0.25) is 5.82 Å². The van der Waals surface area contributed by atoms with E-state index in [9.17, 15) is 5.11 Å². The van der Waals surface area contributed by atoms with Crippen LogP contribution in [0.1, 0.15) is 0 Å². The number of aliphatic hydroxyl groups is 1. The lowest BCUT2D eigenvalue weighted by atomic mass is 10.2. The molecule has 0 spiro atoms. The molecule has 7 nitrogen and oxygen atoms in total. The SMILES string of the molecule is O[C@@H](CNc1nc(-c2cccc(Cl)c2)no1)CN1CCOCC1. The van der Waals surface area contributed by atoms with E-state index >= 15 is 0 Å². The van der Waals surface area contributed by atoms with E-state index in [0.29, 0.717) is 37.2 Å². The second-order valence-corrected chi connectivity index (χ2v) is 5.82. The van der Waals surface area contributed by atoms with Crippen LogP contribution < -0.4 is 5.32 Å². The molecule has 0 unspecified atom stereocenters. The van der Waals surface area contributed by atoms with Crippen molar-refractivity contribution >= 4 is 17.6 Å². The van der Waals surface area contributed by atoms with E-state index in [1.165, 1.54) is 0 Å². The third kappa shape index (κ3) is 4.65. The topological polar surface area (TPSA) is 83.7 Å². The number of aromatic nitrogens is 2. The first-order valence-corrected chi connectivity index (χ1v) is 7.90. The van der Waals surface area contributed by atoms with Crippen molar-refractivity contribution in [2.24, 2.45) is 0 Å². The van der Waals surface area contributed by atoms with E-state index in [0.717, 1.165) is 18.7 Å². The van der Waals surface area contributed by atoms with Gasteiger partial charge in [-0.1, -0.05) is 28.9 Å². The maximum atomic E-state index is 10.1. The van der Waals surface area contributed by atoms with E-state index in [1.807, 2.05) is 12.1 Å². The first-order valence-electron chi connectivity index (χ1n) is 7.52. The predicted molar refractivity (Wildman–Crippen MR) is 86.5 cm³/mol. The largest absolute Gasteiger partial charge is 0.390 e. The molecule has 0 amide bonds. The highest BCUT2D eigenvalue weighted by atomic mass is 35.5. The van der Waals surface area contributed by atoms with Gasteiger partial charge in [-0.25, -0.2) is 0 Å². The minimum absolute atomic E-state index is 0.279. The Kier molecular flexibility index (Phi) is 5.45. The molecule has 0 saturated carbocycles. The lowest BCUT2D eigenvalue weighted by Crippen LogP contribution is -2.42. The second-order valence-electron chi connectivity index (χ2n) is 5.38. The summed E-state index contributed by atoms with van der Waals surface area (Å²) in [6.07, 6.45) is -0.519. The lowest BCUT2D eigenvalue weighted by Gasteiger charge is -2.28. The zero-order valence-electron chi connectivity index (χ0n) is 12.6. The molecule has 2 aromatic rings. The van der Waals surface area contributed by atoms with Gasteiger partial charge < -0.3 is 19.7 Å². The fourth-order valence-electron chi connectivity index (χ4n) is 2.39. The minimum Gasteiger partial charge on any atom is -0.390 e. The van der Waals surface area contributed by atoms with E-state index in [1.54, 1.807) is 12.1 Å². The number of aliphatic hydroxyl groups excluding tert-OH is 1. The number of morpholine rings is 1. The summed E-state index contributed by atoms with van der Waals surface area (Å²) in [6, 6.07) is 7.51. The Morgan fingerprint density at radius 2 is 2.17 bits per heavy atom. The molecule has 0 radical (unpaired) electrons. The molecule has 1 atom stereocenters. The van der Waals surface area contributed by atoms with E-state index in [4.69, 9.17) is 20.9 Å².